The molecular weight excluding hydrogens is 338 g/mol. The van der Waals surface area contributed by atoms with Gasteiger partial charge in [-0.1, -0.05) is 29.8 Å². The molecular formula is C19H21NO4S. The fourth-order valence-electron chi connectivity index (χ4n) is 3.04. The van der Waals surface area contributed by atoms with E-state index >= 15 is 0 Å². The molecule has 6 heteroatoms. The van der Waals surface area contributed by atoms with Crippen LogP contribution >= 0.6 is 0 Å². The molecule has 132 valence electrons. The maximum atomic E-state index is 12.9. The van der Waals surface area contributed by atoms with Gasteiger partial charge < -0.3 is 4.74 Å². The van der Waals surface area contributed by atoms with E-state index in [0.29, 0.717) is 6.42 Å². The van der Waals surface area contributed by atoms with Gasteiger partial charge in [-0.05, 0) is 43.2 Å². The molecule has 1 heterocycles. The number of sulfonamides is 1. The number of hydrogen-bond acceptors (Lipinski definition) is 4. The normalized spacial score (nSPS) is 18.5. The summed E-state index contributed by atoms with van der Waals surface area (Å²) in [6, 6.07) is 13.4. The Kier molecular flexibility index (Phi) is 4.92. The molecule has 1 fully saturated rings. The standard InChI is InChI=1S/C19H21NO4S/c1-14-3-9-17(10-4-14)25(22,23)20-12-11-19(21)18(20)13-15-5-7-16(24-2)8-6-15/h3-10,18H,11-13H2,1-2H3/t18-/m0/s1. The largest absolute Gasteiger partial charge is 0.497 e. The molecule has 1 aliphatic rings. The number of ketones is 1. The number of ether oxygens (including phenoxy) is 1. The molecule has 1 saturated heterocycles. The molecule has 0 N–H and O–H groups in total. The zero-order chi connectivity index (χ0) is 18.0. The first-order valence-corrected chi connectivity index (χ1v) is 9.60. The van der Waals surface area contributed by atoms with E-state index in [1.807, 2.05) is 31.2 Å². The number of methoxy groups -OCH3 is 1. The van der Waals surface area contributed by atoms with Crippen LogP contribution < -0.4 is 4.74 Å². The summed E-state index contributed by atoms with van der Waals surface area (Å²) in [5.41, 5.74) is 1.90. The Morgan fingerprint density at radius 3 is 2.32 bits per heavy atom. The number of aryl methyl sites for hydroxylation is 1. The number of nitrogens with zero attached hydrogens (tertiary/aromatic N) is 1. The second-order valence-corrected chi connectivity index (χ2v) is 8.10. The van der Waals surface area contributed by atoms with Crippen molar-refractivity contribution in [3.8, 4) is 5.75 Å². The van der Waals surface area contributed by atoms with Crippen molar-refractivity contribution in [1.82, 2.24) is 4.31 Å². The van der Waals surface area contributed by atoms with Gasteiger partial charge in [0.1, 0.15) is 5.75 Å². The maximum absolute atomic E-state index is 12.9. The van der Waals surface area contributed by atoms with E-state index in [1.165, 1.54) is 4.31 Å². The lowest BCUT2D eigenvalue weighted by Crippen LogP contribution is -2.39. The molecule has 25 heavy (non-hydrogen) atoms. The van der Waals surface area contributed by atoms with E-state index in [2.05, 4.69) is 0 Å². The number of carbonyl (C=O) groups is 1. The Balaban J connectivity index is 1.86. The molecule has 2 aromatic carbocycles. The molecule has 0 bridgehead atoms. The molecule has 1 aliphatic heterocycles. The van der Waals surface area contributed by atoms with Crippen molar-refractivity contribution in [1.29, 1.82) is 0 Å². The van der Waals surface area contributed by atoms with Crippen LogP contribution in [0, 0.1) is 6.92 Å². The molecule has 0 radical (unpaired) electrons. The van der Waals surface area contributed by atoms with Gasteiger partial charge in [0, 0.05) is 13.0 Å². The third kappa shape index (κ3) is 3.60. The molecule has 5 nitrogen and oxygen atoms in total. The fraction of sp³-hybridized carbons (Fsp3) is 0.316. The molecule has 0 spiro atoms. The number of carbonyl (C=O) groups excluding carboxylic acids is 1. The maximum Gasteiger partial charge on any atom is 0.243 e. The van der Waals surface area contributed by atoms with Gasteiger partial charge in [0.2, 0.25) is 10.0 Å². The second kappa shape index (κ2) is 6.98. The third-order valence-corrected chi connectivity index (χ3v) is 6.44. The predicted molar refractivity (Wildman–Crippen MR) is 95.2 cm³/mol. The lowest BCUT2D eigenvalue weighted by Gasteiger charge is -2.23. The van der Waals surface area contributed by atoms with Crippen LogP contribution in [0.2, 0.25) is 0 Å². The average Bonchev–Trinajstić information content (AvgIpc) is 2.97. The van der Waals surface area contributed by atoms with Gasteiger partial charge in [-0.2, -0.15) is 4.31 Å². The molecule has 0 amide bonds. The number of benzene rings is 2. The minimum absolute atomic E-state index is 0.0356. The third-order valence-electron chi connectivity index (χ3n) is 4.51. The zero-order valence-corrected chi connectivity index (χ0v) is 15.1. The molecule has 0 aliphatic carbocycles. The van der Waals surface area contributed by atoms with Crippen molar-refractivity contribution >= 4 is 15.8 Å². The van der Waals surface area contributed by atoms with E-state index < -0.39 is 16.1 Å². The van der Waals surface area contributed by atoms with Gasteiger partial charge in [-0.15, -0.1) is 0 Å². The summed E-state index contributed by atoms with van der Waals surface area (Å²) in [4.78, 5) is 12.5. The van der Waals surface area contributed by atoms with Crippen molar-refractivity contribution in [3.63, 3.8) is 0 Å². The lowest BCUT2D eigenvalue weighted by molar-refractivity contribution is -0.119. The summed E-state index contributed by atoms with van der Waals surface area (Å²) in [6.07, 6.45) is 0.625. The van der Waals surface area contributed by atoms with Crippen LogP contribution in [0.3, 0.4) is 0 Å². The van der Waals surface area contributed by atoms with Crippen LogP contribution in [0.4, 0.5) is 0 Å². The minimum Gasteiger partial charge on any atom is -0.497 e. The Bertz CT molecular complexity index is 857. The number of hydrogen-bond donors (Lipinski definition) is 0. The van der Waals surface area contributed by atoms with Crippen molar-refractivity contribution in [3.05, 3.63) is 59.7 Å². The fourth-order valence-corrected chi connectivity index (χ4v) is 4.65. The van der Waals surface area contributed by atoms with E-state index in [1.54, 1.807) is 31.4 Å². The van der Waals surface area contributed by atoms with Crippen LogP contribution in [0.15, 0.2) is 53.4 Å². The highest BCUT2D eigenvalue weighted by atomic mass is 32.2. The van der Waals surface area contributed by atoms with E-state index in [4.69, 9.17) is 4.74 Å². The van der Waals surface area contributed by atoms with E-state index in [-0.39, 0.29) is 23.6 Å². The number of Topliss-reactive ketones (excluding diaryl/α,β-unsaturated/α-hetero) is 1. The quantitative estimate of drug-likeness (QED) is 0.823. The first-order valence-electron chi connectivity index (χ1n) is 8.16. The second-order valence-electron chi connectivity index (χ2n) is 6.21. The van der Waals surface area contributed by atoms with Gasteiger partial charge in [0.05, 0.1) is 18.0 Å². The molecule has 0 unspecified atom stereocenters. The Labute approximate surface area is 148 Å². The van der Waals surface area contributed by atoms with Gasteiger partial charge in [0.15, 0.2) is 5.78 Å². The summed E-state index contributed by atoms with van der Waals surface area (Å²) >= 11 is 0. The minimum atomic E-state index is -3.68. The summed E-state index contributed by atoms with van der Waals surface area (Å²) in [5.74, 6) is 0.692. The predicted octanol–water partition coefficient (Wildman–Crippen LogP) is 2.58. The highest BCUT2D eigenvalue weighted by molar-refractivity contribution is 7.89. The van der Waals surface area contributed by atoms with Crippen molar-refractivity contribution in [2.75, 3.05) is 13.7 Å². The summed E-state index contributed by atoms with van der Waals surface area (Å²) in [6.45, 7) is 2.14. The smallest absolute Gasteiger partial charge is 0.243 e. The molecule has 3 rings (SSSR count). The lowest BCUT2D eigenvalue weighted by atomic mass is 10.0. The van der Waals surface area contributed by atoms with Gasteiger partial charge in [-0.3, -0.25) is 4.79 Å². The highest BCUT2D eigenvalue weighted by Crippen LogP contribution is 2.27. The Morgan fingerprint density at radius 1 is 1.08 bits per heavy atom. The molecule has 0 aromatic heterocycles. The van der Waals surface area contributed by atoms with Crippen LogP contribution in [0.5, 0.6) is 5.75 Å². The first-order chi connectivity index (χ1) is 11.9. The van der Waals surface area contributed by atoms with Crippen LogP contribution in [-0.4, -0.2) is 38.2 Å². The SMILES string of the molecule is COc1ccc(C[C@H]2C(=O)CCN2S(=O)(=O)c2ccc(C)cc2)cc1. The molecule has 0 saturated carbocycles. The van der Waals surface area contributed by atoms with Crippen molar-refractivity contribution in [2.45, 2.75) is 30.7 Å². The number of rotatable bonds is 5. The van der Waals surface area contributed by atoms with Gasteiger partial charge in [-0.25, -0.2) is 8.42 Å². The Hall–Kier alpha value is -2.18. The van der Waals surface area contributed by atoms with Crippen LogP contribution in [0.25, 0.3) is 0 Å². The van der Waals surface area contributed by atoms with E-state index in [0.717, 1.165) is 16.9 Å². The topological polar surface area (TPSA) is 63.7 Å². The Morgan fingerprint density at radius 2 is 1.72 bits per heavy atom. The first kappa shape index (κ1) is 17.6. The summed E-state index contributed by atoms with van der Waals surface area (Å²) in [5, 5.41) is 0. The average molecular weight is 359 g/mol. The molecule has 1 atom stereocenters. The van der Waals surface area contributed by atoms with Crippen LogP contribution in [-0.2, 0) is 21.2 Å². The monoisotopic (exact) mass is 359 g/mol. The van der Waals surface area contributed by atoms with Crippen LogP contribution in [0.1, 0.15) is 17.5 Å². The summed E-state index contributed by atoms with van der Waals surface area (Å²) in [7, 11) is -2.09. The van der Waals surface area contributed by atoms with E-state index in [9.17, 15) is 13.2 Å². The van der Waals surface area contributed by atoms with Crippen molar-refractivity contribution < 1.29 is 17.9 Å². The van der Waals surface area contributed by atoms with Gasteiger partial charge in [0.25, 0.3) is 0 Å². The van der Waals surface area contributed by atoms with Crippen molar-refractivity contribution in [2.24, 2.45) is 0 Å². The zero-order valence-electron chi connectivity index (χ0n) is 14.3. The summed E-state index contributed by atoms with van der Waals surface area (Å²) < 4.78 is 32.4. The highest BCUT2D eigenvalue weighted by Gasteiger charge is 2.40. The van der Waals surface area contributed by atoms with Gasteiger partial charge >= 0.3 is 0 Å². The molecule has 2 aromatic rings.